The first kappa shape index (κ1) is 14.4. The number of rotatable bonds is 4. The van der Waals surface area contributed by atoms with Crippen LogP contribution in [0.1, 0.15) is 11.6 Å². The van der Waals surface area contributed by atoms with Crippen molar-refractivity contribution in [2.24, 2.45) is 0 Å². The lowest BCUT2D eigenvalue weighted by atomic mass is 10.1. The average molecular weight is 336 g/mol. The zero-order valence-electron chi connectivity index (χ0n) is 10.8. The first-order valence-electron chi connectivity index (χ1n) is 5.99. The molecule has 1 atom stereocenters. The molecule has 20 heavy (non-hydrogen) atoms. The van der Waals surface area contributed by atoms with E-state index in [-0.39, 0.29) is 5.75 Å². The summed E-state index contributed by atoms with van der Waals surface area (Å²) in [7, 11) is 1.32. The summed E-state index contributed by atoms with van der Waals surface area (Å²) in [4.78, 5) is 11.9. The van der Waals surface area contributed by atoms with Gasteiger partial charge in [0, 0.05) is 15.7 Å². The third-order valence-corrected chi connectivity index (χ3v) is 3.37. The number of hydrogen-bond acceptors (Lipinski definition) is 4. The van der Waals surface area contributed by atoms with E-state index in [9.17, 15) is 9.90 Å². The van der Waals surface area contributed by atoms with Gasteiger partial charge in [-0.2, -0.15) is 0 Å². The first-order valence-corrected chi connectivity index (χ1v) is 6.79. The van der Waals surface area contributed by atoms with Crippen molar-refractivity contribution < 1.29 is 14.6 Å². The molecule has 2 aromatic rings. The van der Waals surface area contributed by atoms with Crippen molar-refractivity contribution in [2.45, 2.75) is 6.04 Å². The number of halogens is 1. The quantitative estimate of drug-likeness (QED) is 0.840. The van der Waals surface area contributed by atoms with Crippen LogP contribution in [0.3, 0.4) is 0 Å². The van der Waals surface area contributed by atoms with Crippen molar-refractivity contribution in [3.63, 3.8) is 0 Å². The summed E-state index contributed by atoms with van der Waals surface area (Å²) in [5, 5.41) is 13.0. The largest absolute Gasteiger partial charge is 0.508 e. The number of carbonyl (C=O) groups excluding carboxylic acids is 1. The summed E-state index contributed by atoms with van der Waals surface area (Å²) in [5.41, 5.74) is 1.23. The molecular weight excluding hydrogens is 322 g/mol. The molecule has 2 aromatic carbocycles. The minimum Gasteiger partial charge on any atom is -0.508 e. The molecule has 0 spiro atoms. The van der Waals surface area contributed by atoms with Crippen LogP contribution in [0.4, 0.5) is 5.69 Å². The number of para-hydroxylation sites is 1. The highest BCUT2D eigenvalue weighted by Crippen LogP contribution is 2.28. The molecule has 0 aromatic heterocycles. The van der Waals surface area contributed by atoms with Crippen LogP contribution in [0.5, 0.6) is 5.75 Å². The Bertz CT molecular complexity index is 598. The number of hydrogen-bond donors (Lipinski definition) is 2. The Labute approximate surface area is 125 Å². The summed E-state index contributed by atoms with van der Waals surface area (Å²) in [5.74, 6) is -0.415. The molecular formula is C15H14BrNO3. The fraction of sp³-hybridized carbons (Fsp3) is 0.133. The Balaban J connectivity index is 2.31. The molecule has 2 N–H and O–H groups in total. The second kappa shape index (κ2) is 6.43. The van der Waals surface area contributed by atoms with E-state index < -0.39 is 12.0 Å². The highest BCUT2D eigenvalue weighted by atomic mass is 79.9. The van der Waals surface area contributed by atoms with E-state index in [0.717, 1.165) is 10.2 Å². The number of benzene rings is 2. The lowest BCUT2D eigenvalue weighted by molar-refractivity contribution is -0.141. The summed E-state index contributed by atoms with van der Waals surface area (Å²) < 4.78 is 5.74. The van der Waals surface area contributed by atoms with Crippen LogP contribution in [-0.2, 0) is 9.53 Å². The standard InChI is InChI=1S/C15H14BrNO3/c1-20-15(19)14(12-4-2-3-5-13(12)18)17-11-8-6-10(16)7-9-11/h2-9,14,17-18H,1H3. The Morgan fingerprint density at radius 2 is 1.85 bits per heavy atom. The van der Waals surface area contributed by atoms with Gasteiger partial charge in [0.05, 0.1) is 7.11 Å². The maximum atomic E-state index is 11.9. The summed E-state index contributed by atoms with van der Waals surface area (Å²) in [6.45, 7) is 0. The van der Waals surface area contributed by atoms with Gasteiger partial charge in [0.15, 0.2) is 6.04 Å². The average Bonchev–Trinajstić information content (AvgIpc) is 2.47. The molecule has 0 aliphatic carbocycles. The van der Waals surface area contributed by atoms with Gasteiger partial charge in [-0.1, -0.05) is 34.1 Å². The van der Waals surface area contributed by atoms with Crippen LogP contribution in [0, 0.1) is 0 Å². The Morgan fingerprint density at radius 3 is 2.45 bits per heavy atom. The minimum atomic E-state index is -0.762. The highest BCUT2D eigenvalue weighted by molar-refractivity contribution is 9.10. The molecule has 0 aliphatic heterocycles. The molecule has 0 aliphatic rings. The Hall–Kier alpha value is -2.01. The Kier molecular flexibility index (Phi) is 4.63. The Morgan fingerprint density at radius 1 is 1.20 bits per heavy atom. The van der Waals surface area contributed by atoms with Gasteiger partial charge in [0.2, 0.25) is 0 Å². The van der Waals surface area contributed by atoms with Crippen molar-refractivity contribution in [3.8, 4) is 5.75 Å². The number of phenolic OH excluding ortho intramolecular Hbond substituents is 1. The third-order valence-electron chi connectivity index (χ3n) is 2.84. The first-order chi connectivity index (χ1) is 9.61. The van der Waals surface area contributed by atoms with Gasteiger partial charge in [-0.3, -0.25) is 0 Å². The molecule has 0 bridgehead atoms. The van der Waals surface area contributed by atoms with Crippen molar-refractivity contribution >= 4 is 27.6 Å². The van der Waals surface area contributed by atoms with Gasteiger partial charge in [-0.15, -0.1) is 0 Å². The van der Waals surface area contributed by atoms with E-state index in [1.54, 1.807) is 18.2 Å². The van der Waals surface area contributed by atoms with E-state index in [1.807, 2.05) is 24.3 Å². The molecule has 0 heterocycles. The normalized spacial score (nSPS) is 11.7. The monoisotopic (exact) mass is 335 g/mol. The predicted molar refractivity (Wildman–Crippen MR) is 80.6 cm³/mol. The SMILES string of the molecule is COC(=O)C(Nc1ccc(Br)cc1)c1ccccc1O. The summed E-state index contributed by atoms with van der Waals surface area (Å²) in [6, 6.07) is 13.3. The van der Waals surface area contributed by atoms with Crippen LogP contribution in [0.25, 0.3) is 0 Å². The van der Waals surface area contributed by atoms with Crippen LogP contribution >= 0.6 is 15.9 Å². The second-order valence-corrected chi connectivity index (χ2v) is 5.08. The molecule has 0 amide bonds. The topological polar surface area (TPSA) is 58.6 Å². The van der Waals surface area contributed by atoms with Crippen LogP contribution in [0.15, 0.2) is 53.0 Å². The number of phenols is 1. The summed E-state index contributed by atoms with van der Waals surface area (Å²) >= 11 is 3.35. The molecule has 0 saturated heterocycles. The van der Waals surface area contributed by atoms with E-state index in [2.05, 4.69) is 21.2 Å². The van der Waals surface area contributed by atoms with Crippen LogP contribution in [0.2, 0.25) is 0 Å². The lowest BCUT2D eigenvalue weighted by Crippen LogP contribution is -2.22. The lowest BCUT2D eigenvalue weighted by Gasteiger charge is -2.19. The van der Waals surface area contributed by atoms with Gasteiger partial charge in [0.25, 0.3) is 0 Å². The van der Waals surface area contributed by atoms with Crippen molar-refractivity contribution in [2.75, 3.05) is 12.4 Å². The number of esters is 1. The van der Waals surface area contributed by atoms with E-state index in [1.165, 1.54) is 13.2 Å². The summed E-state index contributed by atoms with van der Waals surface area (Å²) in [6.07, 6.45) is 0. The van der Waals surface area contributed by atoms with Crippen molar-refractivity contribution in [1.82, 2.24) is 0 Å². The molecule has 5 heteroatoms. The fourth-order valence-electron chi connectivity index (χ4n) is 1.83. The maximum absolute atomic E-state index is 11.9. The number of aromatic hydroxyl groups is 1. The van der Waals surface area contributed by atoms with Crippen LogP contribution < -0.4 is 5.32 Å². The van der Waals surface area contributed by atoms with Crippen molar-refractivity contribution in [1.29, 1.82) is 0 Å². The minimum absolute atomic E-state index is 0.0486. The molecule has 104 valence electrons. The molecule has 1 unspecified atom stereocenters. The molecule has 0 fully saturated rings. The second-order valence-electron chi connectivity index (χ2n) is 4.17. The van der Waals surface area contributed by atoms with Crippen molar-refractivity contribution in [3.05, 3.63) is 58.6 Å². The number of methoxy groups -OCH3 is 1. The van der Waals surface area contributed by atoms with E-state index in [0.29, 0.717) is 5.56 Å². The number of ether oxygens (including phenoxy) is 1. The van der Waals surface area contributed by atoms with Gasteiger partial charge in [-0.25, -0.2) is 4.79 Å². The van der Waals surface area contributed by atoms with Gasteiger partial charge in [-0.05, 0) is 30.3 Å². The smallest absolute Gasteiger partial charge is 0.333 e. The molecule has 0 radical (unpaired) electrons. The number of anilines is 1. The number of nitrogens with one attached hydrogen (secondary N) is 1. The van der Waals surface area contributed by atoms with E-state index >= 15 is 0 Å². The number of carbonyl (C=O) groups is 1. The molecule has 4 nitrogen and oxygen atoms in total. The fourth-order valence-corrected chi connectivity index (χ4v) is 2.09. The van der Waals surface area contributed by atoms with Gasteiger partial charge >= 0.3 is 5.97 Å². The van der Waals surface area contributed by atoms with Gasteiger partial charge < -0.3 is 15.2 Å². The zero-order chi connectivity index (χ0) is 14.5. The molecule has 2 rings (SSSR count). The predicted octanol–water partition coefficient (Wildman–Crippen LogP) is 3.48. The van der Waals surface area contributed by atoms with Gasteiger partial charge in [0.1, 0.15) is 5.75 Å². The zero-order valence-corrected chi connectivity index (χ0v) is 12.4. The van der Waals surface area contributed by atoms with Crippen LogP contribution in [-0.4, -0.2) is 18.2 Å². The highest BCUT2D eigenvalue weighted by Gasteiger charge is 2.23. The third kappa shape index (κ3) is 3.30. The molecule has 0 saturated carbocycles. The maximum Gasteiger partial charge on any atom is 0.333 e. The van der Waals surface area contributed by atoms with E-state index in [4.69, 9.17) is 4.74 Å².